The van der Waals surface area contributed by atoms with Gasteiger partial charge in [0.15, 0.2) is 5.16 Å². The van der Waals surface area contributed by atoms with Gasteiger partial charge >= 0.3 is 0 Å². The number of hydrogen-bond donors (Lipinski definition) is 0. The quantitative estimate of drug-likeness (QED) is 0.277. The van der Waals surface area contributed by atoms with Crippen LogP contribution in [0.1, 0.15) is 16.1 Å². The van der Waals surface area contributed by atoms with Gasteiger partial charge in [-0.05, 0) is 43.7 Å². The lowest BCUT2D eigenvalue weighted by molar-refractivity contribution is 0.183. The highest BCUT2D eigenvalue weighted by molar-refractivity contribution is 7.98. The Kier molecular flexibility index (Phi) is 6.33. The molecule has 0 bridgehead atoms. The van der Waals surface area contributed by atoms with Gasteiger partial charge < -0.3 is 4.74 Å². The molecule has 0 unspecified atom stereocenters. The number of rotatable bonds is 7. The molecule has 4 aromatic rings. The second-order valence-electron chi connectivity index (χ2n) is 6.75. The molecule has 0 spiro atoms. The Morgan fingerprint density at radius 2 is 1.97 bits per heavy atom. The predicted molar refractivity (Wildman–Crippen MR) is 122 cm³/mol. The van der Waals surface area contributed by atoms with E-state index in [9.17, 15) is 9.18 Å². The van der Waals surface area contributed by atoms with Gasteiger partial charge in [-0.2, -0.15) is 0 Å². The third kappa shape index (κ3) is 4.20. The van der Waals surface area contributed by atoms with Crippen LogP contribution in [0.5, 0.6) is 0 Å². The first-order valence-corrected chi connectivity index (χ1v) is 12.0. The molecule has 1 aromatic carbocycles. The summed E-state index contributed by atoms with van der Waals surface area (Å²) in [5.41, 5.74) is 2.76. The molecule has 0 saturated carbocycles. The summed E-state index contributed by atoms with van der Waals surface area (Å²) in [7, 11) is 1.62. The fraction of sp³-hybridized carbons (Fsp3) is 0.286. The van der Waals surface area contributed by atoms with Gasteiger partial charge in [-0.15, -0.1) is 22.7 Å². The maximum atomic E-state index is 13.1. The van der Waals surface area contributed by atoms with E-state index >= 15 is 0 Å². The molecule has 0 amide bonds. The van der Waals surface area contributed by atoms with Crippen LogP contribution in [0.15, 0.2) is 39.6 Å². The van der Waals surface area contributed by atoms with Crippen LogP contribution in [0, 0.1) is 19.7 Å². The highest BCUT2D eigenvalue weighted by Gasteiger charge is 2.17. The molecule has 0 fully saturated rings. The van der Waals surface area contributed by atoms with E-state index in [1.165, 1.54) is 35.2 Å². The minimum Gasteiger partial charge on any atom is -0.383 e. The third-order valence-electron chi connectivity index (χ3n) is 4.76. The summed E-state index contributed by atoms with van der Waals surface area (Å²) in [6.45, 7) is 4.87. The number of fused-ring (bicyclic) bond motifs is 1. The number of thiophene rings is 1. The van der Waals surface area contributed by atoms with Crippen molar-refractivity contribution in [1.29, 1.82) is 0 Å². The van der Waals surface area contributed by atoms with E-state index in [4.69, 9.17) is 9.72 Å². The molecule has 3 heterocycles. The Hall–Kier alpha value is -2.07. The molecule has 4 rings (SSSR count). The second kappa shape index (κ2) is 8.97. The van der Waals surface area contributed by atoms with Gasteiger partial charge in [0.2, 0.25) is 0 Å². The predicted octanol–water partition coefficient (Wildman–Crippen LogP) is 5.28. The topological polar surface area (TPSA) is 57.0 Å². The Morgan fingerprint density at radius 3 is 2.70 bits per heavy atom. The zero-order valence-electron chi connectivity index (χ0n) is 16.8. The van der Waals surface area contributed by atoms with E-state index < -0.39 is 0 Å². The van der Waals surface area contributed by atoms with Crippen LogP contribution in [-0.4, -0.2) is 28.3 Å². The molecule has 3 aromatic heterocycles. The lowest BCUT2D eigenvalue weighted by Crippen LogP contribution is -2.25. The molecular weight excluding hydrogens is 441 g/mol. The number of thioether (sulfide) groups is 1. The Bertz CT molecular complexity index is 1250. The van der Waals surface area contributed by atoms with E-state index in [-0.39, 0.29) is 11.4 Å². The maximum absolute atomic E-state index is 13.1. The number of aromatic nitrogens is 3. The molecule has 5 nitrogen and oxygen atoms in total. The zero-order valence-corrected chi connectivity index (χ0v) is 19.2. The van der Waals surface area contributed by atoms with Crippen molar-refractivity contribution in [1.82, 2.24) is 14.5 Å². The highest BCUT2D eigenvalue weighted by Crippen LogP contribution is 2.31. The number of thiazole rings is 1. The molecule has 0 radical (unpaired) electrons. The first kappa shape index (κ1) is 21.2. The van der Waals surface area contributed by atoms with Crippen molar-refractivity contribution in [2.75, 3.05) is 13.7 Å². The molecule has 0 saturated heterocycles. The van der Waals surface area contributed by atoms with E-state index in [1.54, 1.807) is 35.1 Å². The van der Waals surface area contributed by atoms with Gasteiger partial charge in [0, 0.05) is 28.7 Å². The summed E-state index contributed by atoms with van der Waals surface area (Å²) in [4.78, 5) is 24.5. The average Bonchev–Trinajstić information content (AvgIpc) is 3.31. The average molecular weight is 462 g/mol. The minimum absolute atomic E-state index is 0.0216. The molecule has 0 aliphatic carbocycles. The van der Waals surface area contributed by atoms with Crippen LogP contribution in [0.4, 0.5) is 4.39 Å². The Balaban J connectivity index is 1.62. The van der Waals surface area contributed by atoms with Crippen molar-refractivity contribution in [3.8, 4) is 10.6 Å². The van der Waals surface area contributed by atoms with Gasteiger partial charge in [-0.1, -0.05) is 11.8 Å². The van der Waals surface area contributed by atoms with Gasteiger partial charge in [0.05, 0.1) is 24.2 Å². The van der Waals surface area contributed by atoms with Gasteiger partial charge in [-0.25, -0.2) is 14.4 Å². The van der Waals surface area contributed by atoms with Crippen molar-refractivity contribution in [3.05, 3.63) is 62.0 Å². The summed E-state index contributed by atoms with van der Waals surface area (Å²) in [6.07, 6.45) is 0. The second-order valence-corrected chi connectivity index (χ2v) is 9.75. The standard InChI is InChI=1S/C21H20FN3O2S3/c1-12-13(2)30-19-17(12)20(26)25(8-9-27-3)21(24-19)29-11-16-10-28-18(23-16)14-4-6-15(22)7-5-14/h4-7,10H,8-9,11H2,1-3H3. The number of methoxy groups -OCH3 is 1. The molecular formula is C21H20FN3O2S3. The fourth-order valence-electron chi connectivity index (χ4n) is 3.04. The van der Waals surface area contributed by atoms with E-state index in [0.717, 1.165) is 31.5 Å². The van der Waals surface area contributed by atoms with Crippen LogP contribution in [0.25, 0.3) is 20.8 Å². The van der Waals surface area contributed by atoms with Crippen molar-refractivity contribution in [2.24, 2.45) is 0 Å². The SMILES string of the molecule is COCCn1c(SCc2csc(-c3ccc(F)cc3)n2)nc2sc(C)c(C)c2c1=O. The largest absolute Gasteiger partial charge is 0.383 e. The number of aryl methyl sites for hydroxylation is 2. The minimum atomic E-state index is -0.263. The summed E-state index contributed by atoms with van der Waals surface area (Å²) in [5, 5.41) is 4.20. The first-order chi connectivity index (χ1) is 14.5. The van der Waals surface area contributed by atoms with E-state index in [0.29, 0.717) is 29.4 Å². The molecule has 0 atom stereocenters. The van der Waals surface area contributed by atoms with E-state index in [2.05, 4.69) is 4.98 Å². The highest BCUT2D eigenvalue weighted by atomic mass is 32.2. The Morgan fingerprint density at radius 1 is 1.20 bits per heavy atom. The summed E-state index contributed by atoms with van der Waals surface area (Å²) in [5.74, 6) is 0.326. The van der Waals surface area contributed by atoms with Crippen molar-refractivity contribution in [2.45, 2.75) is 31.3 Å². The van der Waals surface area contributed by atoms with Crippen molar-refractivity contribution >= 4 is 44.7 Å². The van der Waals surface area contributed by atoms with Crippen molar-refractivity contribution < 1.29 is 9.13 Å². The zero-order chi connectivity index (χ0) is 21.3. The number of halogens is 1. The summed E-state index contributed by atoms with van der Waals surface area (Å²) in [6, 6.07) is 6.32. The smallest absolute Gasteiger partial charge is 0.263 e. The van der Waals surface area contributed by atoms with Gasteiger partial charge in [0.1, 0.15) is 15.7 Å². The molecule has 30 heavy (non-hydrogen) atoms. The Labute approximate surface area is 185 Å². The number of nitrogens with zero attached hydrogens (tertiary/aromatic N) is 3. The lowest BCUT2D eigenvalue weighted by atomic mass is 10.2. The maximum Gasteiger partial charge on any atom is 0.263 e. The fourth-order valence-corrected chi connectivity index (χ4v) is 5.96. The van der Waals surface area contributed by atoms with Crippen LogP contribution < -0.4 is 5.56 Å². The van der Waals surface area contributed by atoms with Crippen LogP contribution in [0.2, 0.25) is 0 Å². The van der Waals surface area contributed by atoms with Crippen LogP contribution in [-0.2, 0) is 17.0 Å². The normalized spacial score (nSPS) is 11.5. The van der Waals surface area contributed by atoms with E-state index in [1.807, 2.05) is 19.2 Å². The van der Waals surface area contributed by atoms with Crippen LogP contribution in [0.3, 0.4) is 0 Å². The summed E-state index contributed by atoms with van der Waals surface area (Å²) >= 11 is 4.56. The summed E-state index contributed by atoms with van der Waals surface area (Å²) < 4.78 is 20.0. The molecule has 0 aliphatic heterocycles. The molecule has 156 valence electrons. The van der Waals surface area contributed by atoms with Crippen LogP contribution >= 0.6 is 34.4 Å². The lowest BCUT2D eigenvalue weighted by Gasteiger charge is -2.11. The molecule has 0 aliphatic rings. The number of benzene rings is 1. The third-order valence-corrected chi connectivity index (χ3v) is 7.82. The van der Waals surface area contributed by atoms with Gasteiger partial charge in [-0.3, -0.25) is 9.36 Å². The number of hydrogen-bond acceptors (Lipinski definition) is 7. The van der Waals surface area contributed by atoms with Gasteiger partial charge in [0.25, 0.3) is 5.56 Å². The first-order valence-electron chi connectivity index (χ1n) is 9.30. The molecule has 9 heteroatoms. The monoisotopic (exact) mass is 461 g/mol. The van der Waals surface area contributed by atoms with Crippen molar-refractivity contribution in [3.63, 3.8) is 0 Å². The number of ether oxygens (including phenoxy) is 1. The molecule has 0 N–H and O–H groups in total.